The molecule has 116 valence electrons. The Morgan fingerprint density at radius 2 is 1.83 bits per heavy atom. The molecule has 1 unspecified atom stereocenters. The number of nitro groups is 1. The number of hydrogen-bond donors (Lipinski definition) is 2. The van der Waals surface area contributed by atoms with E-state index in [4.69, 9.17) is 0 Å². The average molecular weight is 312 g/mol. The molecule has 0 spiro atoms. The van der Waals surface area contributed by atoms with E-state index < -0.39 is 28.6 Å². The topological polar surface area (TPSA) is 110 Å². The normalized spacial score (nSPS) is 19.1. The highest BCUT2D eigenvalue weighted by Crippen LogP contribution is 2.38. The first kappa shape index (κ1) is 14.9. The van der Waals surface area contributed by atoms with E-state index in [9.17, 15) is 24.8 Å². The molecule has 7 nitrogen and oxygen atoms in total. The lowest BCUT2D eigenvalue weighted by Gasteiger charge is -2.19. The number of nitro benzene ring substituents is 1. The summed E-state index contributed by atoms with van der Waals surface area (Å²) in [5.41, 5.74) is -1.06. The molecule has 1 heterocycles. The van der Waals surface area contributed by atoms with Crippen molar-refractivity contribution in [3.8, 4) is 0 Å². The van der Waals surface area contributed by atoms with Gasteiger partial charge in [-0.3, -0.25) is 19.7 Å². The van der Waals surface area contributed by atoms with Crippen molar-refractivity contribution in [2.75, 3.05) is 5.32 Å². The summed E-state index contributed by atoms with van der Waals surface area (Å²) in [6.45, 7) is 0. The summed E-state index contributed by atoms with van der Waals surface area (Å²) in [7, 11) is 0. The van der Waals surface area contributed by atoms with E-state index in [1.807, 2.05) is 0 Å². The SMILES string of the molecule is O=C(CC1(O)C(=O)Nc2ccccc21)c1ccc([N+](=O)[O-])cc1. The number of carbonyl (C=O) groups excluding carboxylic acids is 2. The predicted octanol–water partition coefficient (Wildman–Crippen LogP) is 2.01. The fourth-order valence-electron chi connectivity index (χ4n) is 2.58. The number of rotatable bonds is 4. The van der Waals surface area contributed by atoms with Crippen LogP contribution in [0.15, 0.2) is 48.5 Å². The number of fused-ring (bicyclic) bond motifs is 1. The molecule has 1 amide bonds. The third-order valence-electron chi connectivity index (χ3n) is 3.81. The van der Waals surface area contributed by atoms with Gasteiger partial charge in [-0.05, 0) is 18.2 Å². The lowest BCUT2D eigenvalue weighted by Crippen LogP contribution is -2.36. The summed E-state index contributed by atoms with van der Waals surface area (Å²) in [4.78, 5) is 34.4. The van der Waals surface area contributed by atoms with Gasteiger partial charge in [-0.2, -0.15) is 0 Å². The van der Waals surface area contributed by atoms with Crippen LogP contribution in [0.1, 0.15) is 22.3 Å². The van der Waals surface area contributed by atoms with Crippen LogP contribution in [0.25, 0.3) is 0 Å². The third kappa shape index (κ3) is 2.47. The number of amides is 1. The molecule has 2 N–H and O–H groups in total. The minimum Gasteiger partial charge on any atom is -0.375 e. The molecule has 1 aliphatic rings. The van der Waals surface area contributed by atoms with Gasteiger partial charge in [-0.1, -0.05) is 18.2 Å². The molecule has 23 heavy (non-hydrogen) atoms. The number of carbonyl (C=O) groups is 2. The second kappa shape index (κ2) is 5.29. The Bertz CT molecular complexity index is 815. The molecular weight excluding hydrogens is 300 g/mol. The Labute approximate surface area is 130 Å². The summed E-state index contributed by atoms with van der Waals surface area (Å²) < 4.78 is 0. The van der Waals surface area contributed by atoms with Gasteiger partial charge in [-0.15, -0.1) is 0 Å². The van der Waals surface area contributed by atoms with Gasteiger partial charge in [0.25, 0.3) is 11.6 Å². The van der Waals surface area contributed by atoms with Crippen LogP contribution in [0.3, 0.4) is 0 Å². The molecule has 0 saturated carbocycles. The number of anilines is 1. The molecule has 0 fully saturated rings. The van der Waals surface area contributed by atoms with Crippen LogP contribution in [0, 0.1) is 10.1 Å². The van der Waals surface area contributed by atoms with Crippen molar-refractivity contribution in [1.82, 2.24) is 0 Å². The maximum atomic E-state index is 12.3. The van der Waals surface area contributed by atoms with Gasteiger partial charge in [0, 0.05) is 28.9 Å². The van der Waals surface area contributed by atoms with E-state index in [-0.39, 0.29) is 11.3 Å². The summed E-state index contributed by atoms with van der Waals surface area (Å²) in [5, 5.41) is 23.8. The number of ketones is 1. The Kier molecular flexibility index (Phi) is 3.42. The Balaban J connectivity index is 1.87. The van der Waals surface area contributed by atoms with E-state index in [0.717, 1.165) is 0 Å². The van der Waals surface area contributed by atoms with E-state index in [2.05, 4.69) is 5.32 Å². The number of Topliss-reactive ketones (excluding diaryl/α,β-unsaturated/α-hetero) is 1. The van der Waals surface area contributed by atoms with E-state index in [0.29, 0.717) is 11.3 Å². The zero-order valence-corrected chi connectivity index (χ0v) is 11.9. The van der Waals surface area contributed by atoms with E-state index >= 15 is 0 Å². The van der Waals surface area contributed by atoms with Crippen molar-refractivity contribution in [3.63, 3.8) is 0 Å². The molecule has 0 aromatic heterocycles. The first-order valence-corrected chi connectivity index (χ1v) is 6.83. The predicted molar refractivity (Wildman–Crippen MR) is 81.0 cm³/mol. The van der Waals surface area contributed by atoms with Crippen LogP contribution in [-0.4, -0.2) is 21.7 Å². The van der Waals surface area contributed by atoms with Gasteiger partial charge in [0.1, 0.15) is 0 Å². The van der Waals surface area contributed by atoms with E-state index in [1.165, 1.54) is 24.3 Å². The van der Waals surface area contributed by atoms with Gasteiger partial charge in [0.2, 0.25) is 0 Å². The Morgan fingerprint density at radius 1 is 1.17 bits per heavy atom. The number of hydrogen-bond acceptors (Lipinski definition) is 5. The van der Waals surface area contributed by atoms with Gasteiger partial charge in [-0.25, -0.2) is 0 Å². The minimum atomic E-state index is -1.94. The van der Waals surface area contributed by atoms with Crippen LogP contribution < -0.4 is 5.32 Å². The standard InChI is InChI=1S/C16H12N2O5/c19-14(10-5-7-11(8-6-10)18(22)23)9-16(21)12-3-1-2-4-13(12)17-15(16)20/h1-8,21H,9H2,(H,17,20). The zero-order valence-electron chi connectivity index (χ0n) is 11.9. The van der Waals surface area contributed by atoms with Crippen molar-refractivity contribution in [2.24, 2.45) is 0 Å². The largest absolute Gasteiger partial charge is 0.375 e. The van der Waals surface area contributed by atoms with Gasteiger partial charge in [0.15, 0.2) is 11.4 Å². The van der Waals surface area contributed by atoms with Crippen LogP contribution in [0.5, 0.6) is 0 Å². The van der Waals surface area contributed by atoms with Gasteiger partial charge < -0.3 is 10.4 Å². The molecule has 1 atom stereocenters. The third-order valence-corrected chi connectivity index (χ3v) is 3.81. The lowest BCUT2D eigenvalue weighted by molar-refractivity contribution is -0.384. The van der Waals surface area contributed by atoms with Crippen LogP contribution in [-0.2, 0) is 10.4 Å². The van der Waals surface area contributed by atoms with Crippen LogP contribution >= 0.6 is 0 Å². The summed E-state index contributed by atoms with van der Waals surface area (Å²) in [6, 6.07) is 11.6. The fraction of sp³-hybridized carbons (Fsp3) is 0.125. The number of nitrogens with zero attached hydrogens (tertiary/aromatic N) is 1. The highest BCUT2D eigenvalue weighted by Gasteiger charge is 2.46. The van der Waals surface area contributed by atoms with Crippen molar-refractivity contribution < 1.29 is 19.6 Å². The van der Waals surface area contributed by atoms with Gasteiger partial charge in [0.05, 0.1) is 11.3 Å². The number of aliphatic hydroxyl groups is 1. The van der Waals surface area contributed by atoms with Crippen molar-refractivity contribution in [3.05, 3.63) is 69.8 Å². The molecule has 7 heteroatoms. The second-order valence-electron chi connectivity index (χ2n) is 5.26. The quantitative estimate of drug-likeness (QED) is 0.510. The Morgan fingerprint density at radius 3 is 2.48 bits per heavy atom. The molecule has 0 bridgehead atoms. The highest BCUT2D eigenvalue weighted by atomic mass is 16.6. The van der Waals surface area contributed by atoms with Crippen molar-refractivity contribution in [2.45, 2.75) is 12.0 Å². The summed E-state index contributed by atoms with van der Waals surface area (Å²) in [5.74, 6) is -1.14. The number of non-ortho nitro benzene ring substituents is 1. The first-order chi connectivity index (χ1) is 10.9. The summed E-state index contributed by atoms with van der Waals surface area (Å²) >= 11 is 0. The van der Waals surface area contributed by atoms with Gasteiger partial charge >= 0.3 is 0 Å². The maximum absolute atomic E-state index is 12.3. The monoisotopic (exact) mass is 312 g/mol. The van der Waals surface area contributed by atoms with Crippen molar-refractivity contribution >= 4 is 23.1 Å². The minimum absolute atomic E-state index is 0.135. The molecule has 0 saturated heterocycles. The average Bonchev–Trinajstić information content (AvgIpc) is 2.79. The number of benzene rings is 2. The molecule has 0 radical (unpaired) electrons. The lowest BCUT2D eigenvalue weighted by atomic mass is 9.88. The molecule has 3 rings (SSSR count). The second-order valence-corrected chi connectivity index (χ2v) is 5.26. The molecular formula is C16H12N2O5. The zero-order chi connectivity index (χ0) is 16.6. The highest BCUT2D eigenvalue weighted by molar-refractivity contribution is 6.09. The molecule has 1 aliphatic heterocycles. The smallest absolute Gasteiger partial charge is 0.269 e. The molecule has 0 aliphatic carbocycles. The first-order valence-electron chi connectivity index (χ1n) is 6.83. The Hall–Kier alpha value is -3.06. The number of nitrogens with one attached hydrogen (secondary N) is 1. The summed E-state index contributed by atoms with van der Waals surface area (Å²) in [6.07, 6.45) is -0.437. The number of para-hydroxylation sites is 1. The van der Waals surface area contributed by atoms with Crippen molar-refractivity contribution in [1.29, 1.82) is 0 Å². The maximum Gasteiger partial charge on any atom is 0.269 e. The molecule has 2 aromatic rings. The fourth-order valence-corrected chi connectivity index (χ4v) is 2.58. The van der Waals surface area contributed by atoms with E-state index in [1.54, 1.807) is 24.3 Å². The molecule has 2 aromatic carbocycles. The van der Waals surface area contributed by atoms with Crippen LogP contribution in [0.4, 0.5) is 11.4 Å². The van der Waals surface area contributed by atoms with Crippen LogP contribution in [0.2, 0.25) is 0 Å².